The van der Waals surface area contributed by atoms with Gasteiger partial charge in [0.05, 0.1) is 0 Å². The molecule has 0 aliphatic heterocycles. The van der Waals surface area contributed by atoms with Gasteiger partial charge in [-0.25, -0.2) is 5.84 Å². The first-order chi connectivity index (χ1) is 8.15. The van der Waals surface area contributed by atoms with Gasteiger partial charge in [0.25, 0.3) is 5.91 Å². The summed E-state index contributed by atoms with van der Waals surface area (Å²) in [4.78, 5) is 11.7. The Morgan fingerprint density at radius 1 is 1.41 bits per heavy atom. The van der Waals surface area contributed by atoms with Gasteiger partial charge in [0, 0.05) is 6.04 Å². The van der Waals surface area contributed by atoms with Crippen molar-refractivity contribution in [3.8, 4) is 0 Å². The molecule has 0 aromatic heterocycles. The monoisotopic (exact) mass is 253 g/mol. The van der Waals surface area contributed by atoms with Crippen LogP contribution >= 0.6 is 11.8 Å². The highest BCUT2D eigenvalue weighted by atomic mass is 32.2. The fraction of sp³-hybridized carbons (Fsp3) is 0.417. The fourth-order valence-electron chi connectivity index (χ4n) is 1.40. The molecule has 2 unspecified atom stereocenters. The summed E-state index contributed by atoms with van der Waals surface area (Å²) >= 11 is 1.56. The number of amides is 1. The van der Waals surface area contributed by atoms with E-state index >= 15 is 0 Å². The van der Waals surface area contributed by atoms with E-state index in [2.05, 4.69) is 5.43 Å². The third-order valence-corrected chi connectivity index (χ3v) is 3.63. The summed E-state index contributed by atoms with van der Waals surface area (Å²) in [5.41, 5.74) is 8.86. The maximum Gasteiger partial charge on any atom is 0.251 e. The Morgan fingerprint density at radius 3 is 2.59 bits per heavy atom. The summed E-state index contributed by atoms with van der Waals surface area (Å²) in [6.07, 6.45) is 0.881. The van der Waals surface area contributed by atoms with Gasteiger partial charge in [0.2, 0.25) is 0 Å². The van der Waals surface area contributed by atoms with E-state index < -0.39 is 0 Å². The van der Waals surface area contributed by atoms with Crippen LogP contribution in [0.2, 0.25) is 0 Å². The van der Waals surface area contributed by atoms with Gasteiger partial charge < -0.3 is 5.73 Å². The Bertz CT molecular complexity index is 343. The van der Waals surface area contributed by atoms with Crippen molar-refractivity contribution in [2.75, 3.05) is 5.75 Å². The second-order valence-corrected chi connectivity index (χ2v) is 5.15. The molecule has 2 atom stereocenters. The molecule has 1 amide bonds. The smallest absolute Gasteiger partial charge is 0.251 e. The zero-order chi connectivity index (χ0) is 12.7. The zero-order valence-electron chi connectivity index (χ0n) is 9.93. The molecule has 5 heteroatoms. The van der Waals surface area contributed by atoms with E-state index in [1.807, 2.05) is 37.3 Å². The van der Waals surface area contributed by atoms with Crippen LogP contribution in [0.1, 0.15) is 24.2 Å². The molecule has 0 saturated heterocycles. The largest absolute Gasteiger partial charge is 0.328 e. The Labute approximate surface area is 106 Å². The molecule has 4 nitrogen and oxygen atoms in total. The van der Waals surface area contributed by atoms with E-state index in [1.165, 1.54) is 0 Å². The minimum atomic E-state index is -0.264. The van der Waals surface area contributed by atoms with Crippen molar-refractivity contribution >= 4 is 17.7 Å². The number of nitrogens with one attached hydrogen (secondary N) is 1. The molecule has 0 fully saturated rings. The number of benzene rings is 1. The van der Waals surface area contributed by atoms with Crippen LogP contribution in [0.5, 0.6) is 0 Å². The van der Waals surface area contributed by atoms with E-state index in [0.29, 0.717) is 0 Å². The summed E-state index contributed by atoms with van der Waals surface area (Å²) in [5.74, 6) is 5.87. The normalized spacial score (nSPS) is 14.1. The third-order valence-electron chi connectivity index (χ3n) is 2.34. The molecule has 0 radical (unpaired) electrons. The van der Waals surface area contributed by atoms with Crippen molar-refractivity contribution in [3.63, 3.8) is 0 Å². The van der Waals surface area contributed by atoms with Crippen molar-refractivity contribution in [2.45, 2.75) is 24.6 Å². The SMILES string of the molecule is CC(N)CCSC(C(=O)NN)c1ccccc1. The summed E-state index contributed by atoms with van der Waals surface area (Å²) in [7, 11) is 0. The minimum Gasteiger partial charge on any atom is -0.328 e. The van der Waals surface area contributed by atoms with Gasteiger partial charge in [-0.3, -0.25) is 10.2 Å². The van der Waals surface area contributed by atoms with Crippen LogP contribution < -0.4 is 17.0 Å². The summed E-state index contributed by atoms with van der Waals surface area (Å²) in [6, 6.07) is 9.77. The third kappa shape index (κ3) is 4.77. The molecule has 1 aromatic rings. The molecule has 0 spiro atoms. The minimum absolute atomic E-state index is 0.153. The van der Waals surface area contributed by atoms with Crippen molar-refractivity contribution < 1.29 is 4.79 Å². The first-order valence-electron chi connectivity index (χ1n) is 5.57. The molecule has 0 aliphatic rings. The molecule has 0 bridgehead atoms. The lowest BCUT2D eigenvalue weighted by Gasteiger charge is -2.15. The van der Waals surface area contributed by atoms with Gasteiger partial charge in [0.15, 0.2) is 0 Å². The number of hydrogen-bond donors (Lipinski definition) is 3. The van der Waals surface area contributed by atoms with Crippen LogP contribution in [-0.4, -0.2) is 17.7 Å². The molecule has 17 heavy (non-hydrogen) atoms. The van der Waals surface area contributed by atoms with Gasteiger partial charge in [0.1, 0.15) is 5.25 Å². The lowest BCUT2D eigenvalue weighted by Crippen LogP contribution is -2.34. The molecule has 0 heterocycles. The van der Waals surface area contributed by atoms with E-state index in [4.69, 9.17) is 11.6 Å². The molecule has 94 valence electrons. The first-order valence-corrected chi connectivity index (χ1v) is 6.62. The number of rotatable bonds is 6. The first kappa shape index (κ1) is 14.0. The highest BCUT2D eigenvalue weighted by Crippen LogP contribution is 2.29. The van der Waals surface area contributed by atoms with E-state index in [1.54, 1.807) is 11.8 Å². The molecule has 0 aliphatic carbocycles. The van der Waals surface area contributed by atoms with Gasteiger partial charge in [-0.05, 0) is 24.7 Å². The summed E-state index contributed by atoms with van der Waals surface area (Å²) in [5, 5.41) is -0.264. The van der Waals surface area contributed by atoms with Crippen LogP contribution in [-0.2, 0) is 4.79 Å². The lowest BCUT2D eigenvalue weighted by atomic mass is 10.1. The molecule has 1 rings (SSSR count). The van der Waals surface area contributed by atoms with Crippen LogP contribution in [0.3, 0.4) is 0 Å². The number of nitrogens with two attached hydrogens (primary N) is 2. The van der Waals surface area contributed by atoms with Gasteiger partial charge in [-0.15, -0.1) is 11.8 Å². The predicted molar refractivity (Wildman–Crippen MR) is 72.2 cm³/mol. The zero-order valence-corrected chi connectivity index (χ0v) is 10.7. The Morgan fingerprint density at radius 2 is 2.06 bits per heavy atom. The highest BCUT2D eigenvalue weighted by molar-refractivity contribution is 8.00. The lowest BCUT2D eigenvalue weighted by molar-refractivity contribution is -0.120. The quantitative estimate of drug-likeness (QED) is 0.404. The molecule has 5 N–H and O–H groups in total. The Balaban J connectivity index is 2.65. The van der Waals surface area contributed by atoms with E-state index in [-0.39, 0.29) is 17.2 Å². The maximum absolute atomic E-state index is 11.7. The Hall–Kier alpha value is -1.04. The number of carbonyl (C=O) groups excluding carboxylic acids is 1. The standard InChI is InChI=1S/C12H19N3OS/c1-9(13)7-8-17-11(12(16)15-14)10-5-3-2-4-6-10/h2-6,9,11H,7-8,13-14H2,1H3,(H,15,16). The second kappa shape index (κ2) is 7.32. The topological polar surface area (TPSA) is 81.1 Å². The fourth-order valence-corrected chi connectivity index (χ4v) is 2.71. The molecular formula is C12H19N3OS. The maximum atomic E-state index is 11.7. The predicted octanol–water partition coefficient (Wildman–Crippen LogP) is 1.19. The Kier molecular flexibility index (Phi) is 6.04. The van der Waals surface area contributed by atoms with Gasteiger partial charge >= 0.3 is 0 Å². The van der Waals surface area contributed by atoms with Crippen LogP contribution in [0.15, 0.2) is 30.3 Å². The van der Waals surface area contributed by atoms with Crippen LogP contribution in [0.4, 0.5) is 0 Å². The van der Waals surface area contributed by atoms with Crippen molar-refractivity contribution in [3.05, 3.63) is 35.9 Å². The molecule has 0 saturated carbocycles. The number of hydrogen-bond acceptors (Lipinski definition) is 4. The highest BCUT2D eigenvalue weighted by Gasteiger charge is 2.19. The van der Waals surface area contributed by atoms with Crippen LogP contribution in [0, 0.1) is 0 Å². The average Bonchev–Trinajstić information content (AvgIpc) is 2.34. The number of hydrazine groups is 1. The summed E-state index contributed by atoms with van der Waals surface area (Å²) in [6.45, 7) is 1.96. The summed E-state index contributed by atoms with van der Waals surface area (Å²) < 4.78 is 0. The second-order valence-electron chi connectivity index (χ2n) is 3.94. The van der Waals surface area contributed by atoms with E-state index in [0.717, 1.165) is 17.7 Å². The molecule has 1 aromatic carbocycles. The van der Waals surface area contributed by atoms with Crippen molar-refractivity contribution in [1.29, 1.82) is 0 Å². The van der Waals surface area contributed by atoms with Gasteiger partial charge in [-0.1, -0.05) is 30.3 Å². The average molecular weight is 253 g/mol. The number of carbonyl (C=O) groups is 1. The number of thioether (sulfide) groups is 1. The van der Waals surface area contributed by atoms with E-state index in [9.17, 15) is 4.79 Å². The van der Waals surface area contributed by atoms with Gasteiger partial charge in [-0.2, -0.15) is 0 Å². The molecular weight excluding hydrogens is 234 g/mol. The van der Waals surface area contributed by atoms with Crippen molar-refractivity contribution in [2.24, 2.45) is 11.6 Å². The van der Waals surface area contributed by atoms with Crippen LogP contribution in [0.25, 0.3) is 0 Å². The van der Waals surface area contributed by atoms with Crippen molar-refractivity contribution in [1.82, 2.24) is 5.43 Å².